The molecule has 0 saturated heterocycles. The first-order valence-corrected chi connectivity index (χ1v) is 11.3. The Hall–Kier alpha value is -2.88. The fourth-order valence-electron chi connectivity index (χ4n) is 4.38. The van der Waals surface area contributed by atoms with E-state index in [1.807, 2.05) is 42.5 Å². The molecule has 4 nitrogen and oxygen atoms in total. The first kappa shape index (κ1) is 20.4. The third kappa shape index (κ3) is 4.81. The molecule has 1 aliphatic carbocycles. The van der Waals surface area contributed by atoms with E-state index in [-0.39, 0.29) is 11.9 Å². The smallest absolute Gasteiger partial charge is 0.252 e. The number of hydrogen-bond donors (Lipinski definition) is 2. The molecule has 1 amide bonds. The van der Waals surface area contributed by atoms with Crippen molar-refractivity contribution in [3.8, 4) is 0 Å². The Bertz CT molecular complexity index is 1010. The van der Waals surface area contributed by atoms with Gasteiger partial charge >= 0.3 is 0 Å². The van der Waals surface area contributed by atoms with E-state index in [9.17, 15) is 4.79 Å². The fourth-order valence-corrected chi connectivity index (χ4v) is 4.38. The van der Waals surface area contributed by atoms with Gasteiger partial charge in [0.15, 0.2) is 0 Å². The third-order valence-electron chi connectivity index (χ3n) is 6.06. The summed E-state index contributed by atoms with van der Waals surface area (Å²) in [4.78, 5) is 18.1. The number of hydrogen-bond acceptors (Lipinski definition) is 3. The van der Waals surface area contributed by atoms with Crippen molar-refractivity contribution in [2.24, 2.45) is 0 Å². The van der Waals surface area contributed by atoms with E-state index in [1.165, 1.54) is 37.7 Å². The number of anilines is 2. The summed E-state index contributed by atoms with van der Waals surface area (Å²) in [5, 5.41) is 7.65. The second kappa shape index (κ2) is 9.75. The molecule has 4 heteroatoms. The third-order valence-corrected chi connectivity index (χ3v) is 6.06. The minimum Gasteiger partial charge on any atom is -0.349 e. The van der Waals surface area contributed by atoms with Crippen LogP contribution in [0.25, 0.3) is 10.9 Å². The van der Waals surface area contributed by atoms with E-state index in [0.29, 0.717) is 11.4 Å². The second-order valence-corrected chi connectivity index (χ2v) is 8.22. The topological polar surface area (TPSA) is 54.0 Å². The van der Waals surface area contributed by atoms with Gasteiger partial charge < -0.3 is 10.6 Å². The van der Waals surface area contributed by atoms with E-state index in [2.05, 4.69) is 29.7 Å². The Balaban J connectivity index is 1.63. The molecule has 0 aliphatic heterocycles. The lowest BCUT2D eigenvalue weighted by Gasteiger charge is -2.21. The molecule has 4 rings (SSSR count). The van der Waals surface area contributed by atoms with Gasteiger partial charge in [-0.15, -0.1) is 0 Å². The molecule has 1 saturated carbocycles. The van der Waals surface area contributed by atoms with Gasteiger partial charge in [0.25, 0.3) is 5.91 Å². The zero-order valence-electron chi connectivity index (χ0n) is 17.8. The van der Waals surface area contributed by atoms with Crippen LogP contribution in [0.15, 0.2) is 54.6 Å². The Morgan fingerprint density at radius 2 is 1.67 bits per heavy atom. The van der Waals surface area contributed by atoms with Crippen molar-refractivity contribution in [3.05, 3.63) is 65.7 Å². The lowest BCUT2D eigenvalue weighted by atomic mass is 9.96. The molecule has 0 unspecified atom stereocenters. The Labute approximate surface area is 179 Å². The highest BCUT2D eigenvalue weighted by Crippen LogP contribution is 2.26. The number of rotatable bonds is 5. The van der Waals surface area contributed by atoms with E-state index in [4.69, 9.17) is 4.98 Å². The van der Waals surface area contributed by atoms with Gasteiger partial charge in [0.1, 0.15) is 5.82 Å². The molecule has 1 fully saturated rings. The number of carbonyl (C=O) groups excluding carboxylic acids is 1. The average Bonchev–Trinajstić information content (AvgIpc) is 2.75. The van der Waals surface area contributed by atoms with E-state index in [1.54, 1.807) is 0 Å². The zero-order chi connectivity index (χ0) is 20.8. The second-order valence-electron chi connectivity index (χ2n) is 8.22. The molecule has 0 bridgehead atoms. The molecule has 2 aromatic carbocycles. The van der Waals surface area contributed by atoms with Gasteiger partial charge in [-0.2, -0.15) is 0 Å². The summed E-state index contributed by atoms with van der Waals surface area (Å²) in [5.41, 5.74) is 3.79. The van der Waals surface area contributed by atoms with Crippen LogP contribution in [0.3, 0.4) is 0 Å². The predicted molar refractivity (Wildman–Crippen MR) is 124 cm³/mol. The number of benzene rings is 2. The summed E-state index contributed by atoms with van der Waals surface area (Å²) in [6.07, 6.45) is 9.35. The Morgan fingerprint density at radius 3 is 2.47 bits per heavy atom. The van der Waals surface area contributed by atoms with Crippen LogP contribution in [0.1, 0.15) is 67.8 Å². The highest BCUT2D eigenvalue weighted by molar-refractivity contribution is 6.07. The summed E-state index contributed by atoms with van der Waals surface area (Å²) < 4.78 is 0. The number of aromatic nitrogens is 1. The lowest BCUT2D eigenvalue weighted by Crippen LogP contribution is -2.35. The van der Waals surface area contributed by atoms with E-state index >= 15 is 0 Å². The molecule has 30 heavy (non-hydrogen) atoms. The van der Waals surface area contributed by atoms with E-state index < -0.39 is 0 Å². The molecule has 0 spiro atoms. The van der Waals surface area contributed by atoms with Crippen LogP contribution in [-0.2, 0) is 6.42 Å². The number of amides is 1. The van der Waals surface area contributed by atoms with Crippen molar-refractivity contribution < 1.29 is 4.79 Å². The van der Waals surface area contributed by atoms with Crippen LogP contribution in [0.2, 0.25) is 0 Å². The maximum atomic E-state index is 13.3. The van der Waals surface area contributed by atoms with Crippen LogP contribution < -0.4 is 10.6 Å². The van der Waals surface area contributed by atoms with Crippen LogP contribution in [0.4, 0.5) is 11.5 Å². The van der Waals surface area contributed by atoms with Crippen molar-refractivity contribution in [2.75, 3.05) is 5.32 Å². The Kier molecular flexibility index (Phi) is 6.63. The molecule has 3 aromatic rings. The lowest BCUT2D eigenvalue weighted by molar-refractivity contribution is 0.0932. The van der Waals surface area contributed by atoms with Crippen molar-refractivity contribution in [2.45, 2.75) is 64.3 Å². The molecule has 0 radical (unpaired) electrons. The number of pyridine rings is 1. The van der Waals surface area contributed by atoms with Crippen molar-refractivity contribution >= 4 is 28.3 Å². The first-order chi connectivity index (χ1) is 14.7. The molecule has 1 aliphatic rings. The molecule has 156 valence electrons. The van der Waals surface area contributed by atoms with Gasteiger partial charge in [0.2, 0.25) is 0 Å². The quantitative estimate of drug-likeness (QED) is 0.521. The highest BCUT2D eigenvalue weighted by atomic mass is 16.1. The largest absolute Gasteiger partial charge is 0.349 e. The van der Waals surface area contributed by atoms with Crippen LogP contribution >= 0.6 is 0 Å². The van der Waals surface area contributed by atoms with Crippen molar-refractivity contribution in [1.82, 2.24) is 10.3 Å². The highest BCUT2D eigenvalue weighted by Gasteiger charge is 2.18. The Morgan fingerprint density at radius 1 is 0.967 bits per heavy atom. The predicted octanol–water partition coefficient (Wildman–Crippen LogP) is 6.38. The maximum absolute atomic E-state index is 13.3. The molecular formula is C26H31N3O. The molecule has 0 atom stereocenters. The molecule has 2 N–H and O–H groups in total. The normalized spacial score (nSPS) is 15.4. The van der Waals surface area contributed by atoms with Gasteiger partial charge in [-0.3, -0.25) is 4.79 Å². The summed E-state index contributed by atoms with van der Waals surface area (Å²) in [7, 11) is 0. The summed E-state index contributed by atoms with van der Waals surface area (Å²) >= 11 is 0. The number of para-hydroxylation sites is 2. The van der Waals surface area contributed by atoms with Crippen LogP contribution in [0.5, 0.6) is 0 Å². The number of aryl methyl sites for hydroxylation is 1. The number of carbonyl (C=O) groups is 1. The minimum absolute atomic E-state index is 0.00556. The van der Waals surface area contributed by atoms with Crippen molar-refractivity contribution in [1.29, 1.82) is 0 Å². The number of nitrogens with one attached hydrogen (secondary N) is 2. The average molecular weight is 402 g/mol. The van der Waals surface area contributed by atoms with Gasteiger partial charge in [-0.1, -0.05) is 75.4 Å². The van der Waals surface area contributed by atoms with Crippen LogP contribution in [-0.4, -0.2) is 16.9 Å². The summed E-state index contributed by atoms with van der Waals surface area (Å²) in [6, 6.07) is 18.3. The van der Waals surface area contributed by atoms with Gasteiger partial charge in [0, 0.05) is 17.1 Å². The van der Waals surface area contributed by atoms with Crippen molar-refractivity contribution in [3.63, 3.8) is 0 Å². The van der Waals surface area contributed by atoms with Gasteiger partial charge in [-0.25, -0.2) is 4.98 Å². The van der Waals surface area contributed by atoms with Gasteiger partial charge in [-0.05, 0) is 43.0 Å². The summed E-state index contributed by atoms with van der Waals surface area (Å²) in [6.45, 7) is 2.14. The molecular weight excluding hydrogens is 370 g/mol. The first-order valence-electron chi connectivity index (χ1n) is 11.3. The molecule has 1 aromatic heterocycles. The van der Waals surface area contributed by atoms with Gasteiger partial charge in [0.05, 0.1) is 11.1 Å². The standard InChI is InChI=1S/C26H31N3O/c1-2-19-12-8-10-16-23(19)28-25-18-22(21-15-9-11-17-24(21)29-25)26(30)27-20-13-6-4-3-5-7-14-20/h8-12,15-18,20H,2-7,13-14H2,1H3,(H,27,30)(H,28,29). The number of nitrogens with zero attached hydrogens (tertiary/aromatic N) is 1. The fraction of sp³-hybridized carbons (Fsp3) is 0.385. The SMILES string of the molecule is CCc1ccccc1Nc1cc(C(=O)NC2CCCCCCC2)c2ccccc2n1. The number of fused-ring (bicyclic) bond motifs is 1. The monoisotopic (exact) mass is 401 g/mol. The van der Waals surface area contributed by atoms with Crippen LogP contribution in [0, 0.1) is 0 Å². The summed E-state index contributed by atoms with van der Waals surface area (Å²) in [5.74, 6) is 0.711. The maximum Gasteiger partial charge on any atom is 0.252 e. The zero-order valence-corrected chi connectivity index (χ0v) is 17.8. The minimum atomic E-state index is 0.00556. The van der Waals surface area contributed by atoms with E-state index in [0.717, 1.165) is 35.9 Å². The molecule has 1 heterocycles.